The third-order valence-corrected chi connectivity index (χ3v) is 6.62. The predicted molar refractivity (Wildman–Crippen MR) is 133 cm³/mol. The van der Waals surface area contributed by atoms with Gasteiger partial charge in [0.25, 0.3) is 10.1 Å². The number of esters is 1. The van der Waals surface area contributed by atoms with Gasteiger partial charge in [0.05, 0.1) is 13.2 Å². The number of rotatable bonds is 10. The Kier molecular flexibility index (Phi) is 8.97. The summed E-state index contributed by atoms with van der Waals surface area (Å²) in [6, 6.07) is 15.1. The van der Waals surface area contributed by atoms with E-state index in [0.29, 0.717) is 24.2 Å². The van der Waals surface area contributed by atoms with Crippen molar-refractivity contribution >= 4 is 22.2 Å². The van der Waals surface area contributed by atoms with Crippen LogP contribution in [0, 0.1) is 0 Å². The number of carbonyl (C=O) groups is 2. The summed E-state index contributed by atoms with van der Waals surface area (Å²) in [5, 5.41) is 2.55. The third kappa shape index (κ3) is 8.83. The number of benzene rings is 2. The second-order valence-electron chi connectivity index (χ2n) is 9.69. The number of nitrogens with one attached hydrogen (secondary N) is 1. The molecule has 1 atom stereocenters. The first kappa shape index (κ1) is 27.5. The number of amides is 1. The molecule has 0 aromatic heterocycles. The second-order valence-corrected chi connectivity index (χ2v) is 11.3. The van der Waals surface area contributed by atoms with Crippen molar-refractivity contribution in [3.8, 4) is 5.75 Å². The molecule has 1 saturated carbocycles. The molecule has 196 valence electrons. The quantitative estimate of drug-likeness (QED) is 0.373. The van der Waals surface area contributed by atoms with E-state index in [1.165, 1.54) is 7.11 Å². The van der Waals surface area contributed by atoms with E-state index in [1.54, 1.807) is 69.3 Å². The highest BCUT2D eigenvalue weighted by Crippen LogP contribution is 2.30. The minimum atomic E-state index is -3.67. The first-order chi connectivity index (χ1) is 16.9. The van der Waals surface area contributed by atoms with Crippen LogP contribution in [0.2, 0.25) is 0 Å². The number of hydrogen-bond donors (Lipinski definition) is 1. The lowest BCUT2D eigenvalue weighted by atomic mass is 9.92. The molecule has 0 spiro atoms. The summed E-state index contributed by atoms with van der Waals surface area (Å²) in [6.07, 6.45) is -0.0947. The molecule has 1 aliphatic rings. The van der Waals surface area contributed by atoms with Gasteiger partial charge in [0.15, 0.2) is 0 Å². The molecule has 2 aromatic rings. The zero-order valence-electron chi connectivity index (χ0n) is 20.9. The van der Waals surface area contributed by atoms with Gasteiger partial charge in [-0.2, -0.15) is 8.42 Å². The number of hydrogen-bond acceptors (Lipinski definition) is 8. The number of ether oxygens (including phenoxy) is 3. The van der Waals surface area contributed by atoms with Gasteiger partial charge in [-0.05, 0) is 44.0 Å². The Balaban J connectivity index is 1.47. The zero-order chi connectivity index (χ0) is 26.3. The molecule has 3 rings (SSSR count). The molecule has 9 nitrogen and oxygen atoms in total. The van der Waals surface area contributed by atoms with Gasteiger partial charge in [-0.15, -0.1) is 0 Å². The van der Waals surface area contributed by atoms with Gasteiger partial charge in [-0.1, -0.05) is 42.5 Å². The monoisotopic (exact) mass is 519 g/mol. The Bertz CT molecular complexity index is 1120. The lowest BCUT2D eigenvalue weighted by molar-refractivity contribution is -0.143. The molecule has 1 amide bonds. The third-order valence-electron chi connectivity index (χ3n) is 5.36. The van der Waals surface area contributed by atoms with Crippen LogP contribution in [0.5, 0.6) is 5.75 Å². The first-order valence-electron chi connectivity index (χ1n) is 11.7. The summed E-state index contributed by atoms with van der Waals surface area (Å²) >= 11 is 0. The molecular formula is C26H33NO8S. The fourth-order valence-electron chi connectivity index (χ4n) is 3.63. The van der Waals surface area contributed by atoms with Crippen molar-refractivity contribution in [1.29, 1.82) is 0 Å². The van der Waals surface area contributed by atoms with Gasteiger partial charge in [0.2, 0.25) is 0 Å². The molecule has 2 aromatic carbocycles. The number of alkyl carbamates (subject to hydrolysis) is 1. The Labute approximate surface area is 212 Å². The number of methoxy groups -OCH3 is 1. The van der Waals surface area contributed by atoms with Crippen molar-refractivity contribution in [2.24, 2.45) is 0 Å². The Morgan fingerprint density at radius 3 is 2.19 bits per heavy atom. The second kappa shape index (κ2) is 11.7. The van der Waals surface area contributed by atoms with Gasteiger partial charge in [-0.3, -0.25) is 4.18 Å². The molecule has 1 aliphatic carbocycles. The highest BCUT2D eigenvalue weighted by atomic mass is 32.2. The van der Waals surface area contributed by atoms with Gasteiger partial charge >= 0.3 is 12.1 Å². The van der Waals surface area contributed by atoms with Gasteiger partial charge in [-0.25, -0.2) is 9.59 Å². The van der Waals surface area contributed by atoms with Gasteiger partial charge in [0, 0.05) is 19.3 Å². The maximum Gasteiger partial charge on any atom is 0.408 e. The molecule has 10 heteroatoms. The van der Waals surface area contributed by atoms with Crippen LogP contribution in [0.4, 0.5) is 4.79 Å². The maximum absolute atomic E-state index is 12.3. The predicted octanol–water partition coefficient (Wildman–Crippen LogP) is 3.75. The summed E-state index contributed by atoms with van der Waals surface area (Å²) in [4.78, 5) is 24.2. The minimum absolute atomic E-state index is 0.149. The molecule has 0 bridgehead atoms. The molecule has 1 N–H and O–H groups in total. The van der Waals surface area contributed by atoms with E-state index in [0.717, 1.165) is 5.56 Å². The average molecular weight is 520 g/mol. The lowest BCUT2D eigenvalue weighted by Gasteiger charge is -2.34. The lowest BCUT2D eigenvalue weighted by Crippen LogP contribution is -2.45. The van der Waals surface area contributed by atoms with E-state index in [2.05, 4.69) is 5.32 Å². The molecule has 0 aliphatic heterocycles. The molecular weight excluding hydrogens is 486 g/mol. The largest absolute Gasteiger partial charge is 0.490 e. The van der Waals surface area contributed by atoms with Crippen LogP contribution in [-0.4, -0.2) is 51.4 Å². The zero-order valence-corrected chi connectivity index (χ0v) is 21.7. The van der Waals surface area contributed by atoms with Gasteiger partial charge in [0.1, 0.15) is 29.2 Å². The van der Waals surface area contributed by atoms with Crippen LogP contribution in [0.15, 0.2) is 54.6 Å². The normalized spacial score (nSPS) is 18.4. The highest BCUT2D eigenvalue weighted by molar-refractivity contribution is 7.85. The fraction of sp³-hybridized carbons (Fsp3) is 0.462. The molecule has 0 radical (unpaired) electrons. The van der Waals surface area contributed by atoms with E-state index in [1.807, 2.05) is 6.07 Å². The van der Waals surface area contributed by atoms with Crippen molar-refractivity contribution in [2.45, 2.75) is 69.6 Å². The Morgan fingerprint density at radius 1 is 0.972 bits per heavy atom. The van der Waals surface area contributed by atoms with E-state index in [9.17, 15) is 18.0 Å². The van der Waals surface area contributed by atoms with E-state index in [-0.39, 0.29) is 18.3 Å². The Hall–Kier alpha value is -3.11. The van der Waals surface area contributed by atoms with Crippen molar-refractivity contribution in [3.05, 3.63) is 65.7 Å². The Morgan fingerprint density at radius 2 is 1.61 bits per heavy atom. The minimum Gasteiger partial charge on any atom is -0.490 e. The topological polar surface area (TPSA) is 117 Å². The van der Waals surface area contributed by atoms with Crippen LogP contribution in [0.3, 0.4) is 0 Å². The van der Waals surface area contributed by atoms with E-state index >= 15 is 0 Å². The molecule has 0 heterocycles. The van der Waals surface area contributed by atoms with E-state index < -0.39 is 39.9 Å². The average Bonchev–Trinajstić information content (AvgIpc) is 2.76. The molecule has 0 saturated heterocycles. The fourth-order valence-corrected chi connectivity index (χ4v) is 4.87. The molecule has 1 fully saturated rings. The van der Waals surface area contributed by atoms with Crippen molar-refractivity contribution < 1.29 is 36.4 Å². The maximum atomic E-state index is 12.3. The van der Waals surface area contributed by atoms with Crippen LogP contribution < -0.4 is 10.1 Å². The summed E-state index contributed by atoms with van der Waals surface area (Å²) < 4.78 is 45.8. The number of carbonyl (C=O) groups excluding carboxylic acids is 2. The highest BCUT2D eigenvalue weighted by Gasteiger charge is 2.35. The van der Waals surface area contributed by atoms with Crippen LogP contribution >= 0.6 is 0 Å². The van der Waals surface area contributed by atoms with Crippen molar-refractivity contribution in [2.75, 3.05) is 7.11 Å². The smallest absolute Gasteiger partial charge is 0.408 e. The summed E-state index contributed by atoms with van der Waals surface area (Å²) in [7, 11) is -2.41. The standard InChI is InChI=1S/C26H33NO8S/c1-26(2,3)34-25(29)27-23(24(28)32-4)14-18-10-12-20(13-11-18)33-21-15-22(16-21)35-36(30,31)17-19-8-6-5-7-9-19/h5-13,21-23H,14-17H2,1-4H3,(H,27,29)/t21?,22?,23-/m0/s1. The van der Waals surface area contributed by atoms with Crippen LogP contribution in [-0.2, 0) is 40.7 Å². The molecule has 0 unspecified atom stereocenters. The molecule has 36 heavy (non-hydrogen) atoms. The summed E-state index contributed by atoms with van der Waals surface area (Å²) in [6.45, 7) is 5.20. The van der Waals surface area contributed by atoms with Crippen molar-refractivity contribution in [1.82, 2.24) is 5.32 Å². The summed E-state index contributed by atoms with van der Waals surface area (Å²) in [5.41, 5.74) is 0.776. The SMILES string of the molecule is COC(=O)[C@H](Cc1ccc(OC2CC(OS(=O)(=O)Cc3ccccc3)C2)cc1)NC(=O)OC(C)(C)C. The van der Waals surface area contributed by atoms with Crippen LogP contribution in [0.1, 0.15) is 44.7 Å². The first-order valence-corrected chi connectivity index (χ1v) is 13.3. The summed E-state index contributed by atoms with van der Waals surface area (Å²) in [5.74, 6) is -0.125. The van der Waals surface area contributed by atoms with Gasteiger partial charge < -0.3 is 19.5 Å². The van der Waals surface area contributed by atoms with Crippen molar-refractivity contribution in [3.63, 3.8) is 0 Å². The van der Waals surface area contributed by atoms with E-state index in [4.69, 9.17) is 18.4 Å². The van der Waals surface area contributed by atoms with Crippen LogP contribution in [0.25, 0.3) is 0 Å².